The van der Waals surface area contributed by atoms with Crippen molar-refractivity contribution >= 4 is 28.5 Å². The highest BCUT2D eigenvalue weighted by atomic mass is 19.4. The number of imidazole rings is 1. The van der Waals surface area contributed by atoms with Crippen LogP contribution in [0, 0.1) is 5.82 Å². The fourth-order valence-electron chi connectivity index (χ4n) is 3.93. The summed E-state index contributed by atoms with van der Waals surface area (Å²) in [5, 5.41) is 4.58. The Hall–Kier alpha value is -4.28. The topological polar surface area (TPSA) is 88.9 Å². The molecule has 7 nitrogen and oxygen atoms in total. The Bertz CT molecular complexity index is 1430. The molecule has 0 radical (unpaired) electrons. The molecule has 0 spiro atoms. The number of aryl methyl sites for hydroxylation is 1. The minimum Gasteiger partial charge on any atom is -0.335 e. The van der Waals surface area contributed by atoms with E-state index in [1.807, 2.05) is 5.32 Å². The predicted octanol–water partition coefficient (Wildman–Crippen LogP) is 5.25. The number of nitrogens with zero attached hydrogens (tertiary/aromatic N) is 3. The van der Waals surface area contributed by atoms with Crippen LogP contribution in [0.3, 0.4) is 0 Å². The molecule has 2 heterocycles. The Morgan fingerprint density at radius 3 is 2.42 bits per heavy atom. The van der Waals surface area contributed by atoms with Crippen molar-refractivity contribution in [2.45, 2.75) is 32.6 Å². The molecular weight excluding hydrogens is 478 g/mol. The van der Waals surface area contributed by atoms with Crippen LogP contribution in [-0.4, -0.2) is 32.5 Å². The average molecular weight is 499 g/mol. The summed E-state index contributed by atoms with van der Waals surface area (Å²) in [4.78, 5) is 33.1. The lowest BCUT2D eigenvalue weighted by Gasteiger charge is -2.21. The Balaban J connectivity index is 1.84. The largest absolute Gasteiger partial charge is 0.414 e. The van der Waals surface area contributed by atoms with Crippen LogP contribution in [0.5, 0.6) is 0 Å². The number of anilines is 1. The number of amides is 2. The van der Waals surface area contributed by atoms with Crippen LogP contribution in [0.25, 0.3) is 22.4 Å². The highest BCUT2D eigenvalue weighted by Gasteiger charge is 2.43. The van der Waals surface area contributed by atoms with E-state index in [0.717, 1.165) is 6.07 Å². The second-order valence-corrected chi connectivity index (χ2v) is 7.93. The Labute approximate surface area is 203 Å². The zero-order chi connectivity index (χ0) is 26.0. The van der Waals surface area contributed by atoms with Gasteiger partial charge in [-0.1, -0.05) is 18.2 Å². The minimum absolute atomic E-state index is 0.156. The maximum atomic E-state index is 14.6. The third-order valence-corrected chi connectivity index (χ3v) is 5.43. The van der Waals surface area contributed by atoms with E-state index in [1.165, 1.54) is 55.6 Å². The van der Waals surface area contributed by atoms with Crippen molar-refractivity contribution < 1.29 is 27.2 Å². The maximum Gasteiger partial charge on any atom is 0.414 e. The van der Waals surface area contributed by atoms with Gasteiger partial charge in [-0.05, 0) is 43.3 Å². The van der Waals surface area contributed by atoms with Crippen molar-refractivity contribution in [3.8, 4) is 11.4 Å². The lowest BCUT2D eigenvalue weighted by Crippen LogP contribution is -2.38. The summed E-state index contributed by atoms with van der Waals surface area (Å²) in [7, 11) is 0. The molecule has 2 amide bonds. The van der Waals surface area contributed by atoms with Crippen LogP contribution in [0.15, 0.2) is 60.8 Å². The molecule has 1 atom stereocenters. The molecule has 2 aromatic heterocycles. The van der Waals surface area contributed by atoms with Crippen LogP contribution in [0.4, 0.5) is 23.2 Å². The summed E-state index contributed by atoms with van der Waals surface area (Å²) < 4.78 is 57.5. The molecule has 4 aromatic rings. The van der Waals surface area contributed by atoms with Gasteiger partial charge >= 0.3 is 6.18 Å². The molecule has 0 aliphatic carbocycles. The summed E-state index contributed by atoms with van der Waals surface area (Å²) >= 11 is 0. The van der Waals surface area contributed by atoms with Crippen LogP contribution < -0.4 is 10.6 Å². The summed E-state index contributed by atoms with van der Waals surface area (Å²) in [6, 6.07) is 10.2. The summed E-state index contributed by atoms with van der Waals surface area (Å²) in [6.07, 6.45) is -3.61. The first kappa shape index (κ1) is 24.8. The van der Waals surface area contributed by atoms with Crippen molar-refractivity contribution in [3.63, 3.8) is 0 Å². The van der Waals surface area contributed by atoms with E-state index in [-0.39, 0.29) is 33.8 Å². The number of hydrogen-bond donors (Lipinski definition) is 2. The number of aromatic nitrogens is 3. The van der Waals surface area contributed by atoms with Gasteiger partial charge in [-0.15, -0.1) is 0 Å². The van der Waals surface area contributed by atoms with Crippen LogP contribution in [0.2, 0.25) is 0 Å². The number of rotatable bonds is 6. The number of alkyl halides is 3. The van der Waals surface area contributed by atoms with Crippen molar-refractivity contribution in [2.24, 2.45) is 0 Å². The molecule has 2 N–H and O–H groups in total. The normalized spacial score (nSPS) is 12.4. The lowest BCUT2D eigenvalue weighted by molar-refractivity contribution is -0.156. The van der Waals surface area contributed by atoms with E-state index in [2.05, 4.69) is 15.3 Å². The molecule has 0 saturated heterocycles. The molecule has 0 aliphatic heterocycles. The van der Waals surface area contributed by atoms with Gasteiger partial charge < -0.3 is 15.2 Å². The second-order valence-electron chi connectivity index (χ2n) is 7.93. The number of carbonyl (C=O) groups is 2. The van der Waals surface area contributed by atoms with Crippen molar-refractivity contribution in [1.82, 2.24) is 19.9 Å². The first-order chi connectivity index (χ1) is 17.1. The van der Waals surface area contributed by atoms with Crippen LogP contribution in [0.1, 0.15) is 35.9 Å². The van der Waals surface area contributed by atoms with E-state index in [4.69, 9.17) is 0 Å². The number of halogens is 4. The SMILES string of the molecule is CCn1c(-c2ccccc2F)nc2cc(C(=O)NC(c3ccccn3)C(F)(F)F)cc(NC(C)=O)c21. The zero-order valence-electron chi connectivity index (χ0n) is 19.2. The number of fused-ring (bicyclic) bond motifs is 1. The van der Waals surface area contributed by atoms with Crippen molar-refractivity contribution in [1.29, 1.82) is 0 Å². The fraction of sp³-hybridized carbons (Fsp3) is 0.200. The van der Waals surface area contributed by atoms with Gasteiger partial charge in [0.25, 0.3) is 5.91 Å². The highest BCUT2D eigenvalue weighted by molar-refractivity contribution is 6.05. The molecule has 1 unspecified atom stereocenters. The Morgan fingerprint density at radius 1 is 1.08 bits per heavy atom. The van der Waals surface area contributed by atoms with Crippen molar-refractivity contribution in [3.05, 3.63) is 77.9 Å². The maximum absolute atomic E-state index is 14.6. The third kappa shape index (κ3) is 4.90. The number of hydrogen-bond acceptors (Lipinski definition) is 4. The molecule has 36 heavy (non-hydrogen) atoms. The van der Waals surface area contributed by atoms with E-state index < -0.39 is 29.8 Å². The molecule has 4 rings (SSSR count). The lowest BCUT2D eigenvalue weighted by atomic mass is 10.1. The smallest absolute Gasteiger partial charge is 0.335 e. The minimum atomic E-state index is -4.81. The number of carbonyl (C=O) groups excluding carboxylic acids is 2. The molecule has 186 valence electrons. The average Bonchev–Trinajstić information content (AvgIpc) is 3.20. The number of nitrogens with one attached hydrogen (secondary N) is 2. The first-order valence-corrected chi connectivity index (χ1v) is 11.0. The Morgan fingerprint density at radius 2 is 1.81 bits per heavy atom. The summed E-state index contributed by atoms with van der Waals surface area (Å²) in [6.45, 7) is 3.39. The second kappa shape index (κ2) is 9.76. The quantitative estimate of drug-likeness (QED) is 0.355. The van der Waals surface area contributed by atoms with E-state index in [0.29, 0.717) is 12.1 Å². The molecule has 0 bridgehead atoms. The number of pyridine rings is 1. The van der Waals surface area contributed by atoms with E-state index in [9.17, 15) is 27.2 Å². The number of benzene rings is 2. The highest BCUT2D eigenvalue weighted by Crippen LogP contribution is 2.34. The zero-order valence-corrected chi connectivity index (χ0v) is 19.2. The summed E-state index contributed by atoms with van der Waals surface area (Å²) in [5.74, 6) is -1.79. The first-order valence-electron chi connectivity index (χ1n) is 11.0. The molecule has 0 saturated carbocycles. The van der Waals surface area contributed by atoms with Gasteiger partial charge in [0.1, 0.15) is 11.6 Å². The van der Waals surface area contributed by atoms with Gasteiger partial charge in [-0.2, -0.15) is 13.2 Å². The van der Waals surface area contributed by atoms with Gasteiger partial charge in [0.05, 0.1) is 28.0 Å². The van der Waals surface area contributed by atoms with E-state index >= 15 is 0 Å². The van der Waals surface area contributed by atoms with Crippen molar-refractivity contribution in [2.75, 3.05) is 5.32 Å². The summed E-state index contributed by atoms with van der Waals surface area (Å²) in [5.41, 5.74) is 0.412. The monoisotopic (exact) mass is 499 g/mol. The standard InChI is InChI=1S/C25H21F4N5O2/c1-3-34-21-19(31-14(2)35)12-15(13-20(21)32-23(34)16-8-4-5-9-17(16)26)24(36)33-22(25(27,28)29)18-10-6-7-11-30-18/h4-13,22H,3H2,1-2H3,(H,31,35)(H,33,36). The molecular formula is C25H21F4N5O2. The predicted molar refractivity (Wildman–Crippen MR) is 126 cm³/mol. The molecule has 2 aromatic carbocycles. The van der Waals surface area contributed by atoms with E-state index in [1.54, 1.807) is 17.6 Å². The van der Waals surface area contributed by atoms with Gasteiger partial charge in [0.2, 0.25) is 5.91 Å². The third-order valence-electron chi connectivity index (χ3n) is 5.43. The fourth-order valence-corrected chi connectivity index (χ4v) is 3.93. The van der Waals surface area contributed by atoms with Gasteiger partial charge in [-0.25, -0.2) is 9.37 Å². The van der Waals surface area contributed by atoms with Gasteiger partial charge in [0, 0.05) is 25.2 Å². The van der Waals surface area contributed by atoms with Crippen LogP contribution in [-0.2, 0) is 11.3 Å². The molecule has 0 aliphatic rings. The van der Waals surface area contributed by atoms with Gasteiger partial charge in [0.15, 0.2) is 6.04 Å². The Kier molecular flexibility index (Phi) is 6.73. The molecule has 11 heteroatoms. The van der Waals surface area contributed by atoms with Crippen LogP contribution >= 0.6 is 0 Å². The van der Waals surface area contributed by atoms with Gasteiger partial charge in [-0.3, -0.25) is 14.6 Å². The molecule has 0 fully saturated rings.